The van der Waals surface area contributed by atoms with Crippen LogP contribution in [-0.4, -0.2) is 47.4 Å². The topological polar surface area (TPSA) is 23.6 Å². The van der Waals surface area contributed by atoms with E-state index in [0.29, 0.717) is 11.9 Å². The van der Waals surface area contributed by atoms with Gasteiger partial charge in [0, 0.05) is 19.1 Å². The molecule has 0 aromatic heterocycles. The molecule has 3 nitrogen and oxygen atoms in total. The maximum absolute atomic E-state index is 12.4. The molecule has 114 valence electrons. The van der Waals surface area contributed by atoms with Crippen molar-refractivity contribution in [1.82, 2.24) is 9.80 Å². The van der Waals surface area contributed by atoms with Crippen molar-refractivity contribution in [2.24, 2.45) is 0 Å². The molecule has 0 N–H and O–H groups in total. The van der Waals surface area contributed by atoms with Gasteiger partial charge in [-0.2, -0.15) is 0 Å². The highest BCUT2D eigenvalue weighted by atomic mass is 16.2. The predicted molar refractivity (Wildman–Crippen MR) is 85.2 cm³/mol. The fraction of sp³-hybridized carbons (Fsp3) is 0.611. The largest absolute Gasteiger partial charge is 0.337 e. The number of rotatable bonds is 5. The zero-order valence-electron chi connectivity index (χ0n) is 13.0. The minimum atomic E-state index is 0.0797. The van der Waals surface area contributed by atoms with E-state index in [1.165, 1.54) is 31.2 Å². The third-order valence-corrected chi connectivity index (χ3v) is 5.01. The number of amides is 1. The number of unbranched alkanes of at least 4 members (excludes halogenated alkanes) is 1. The molecule has 2 heterocycles. The fourth-order valence-corrected chi connectivity index (χ4v) is 3.71. The zero-order chi connectivity index (χ0) is 14.7. The van der Waals surface area contributed by atoms with Crippen molar-refractivity contribution in [1.29, 1.82) is 0 Å². The molecule has 0 radical (unpaired) electrons. The van der Waals surface area contributed by atoms with Gasteiger partial charge in [-0.15, -0.1) is 0 Å². The van der Waals surface area contributed by atoms with E-state index in [1.807, 2.05) is 0 Å². The molecule has 1 aromatic carbocycles. The molecule has 2 fully saturated rings. The molecule has 2 aliphatic heterocycles. The molecule has 2 atom stereocenters. The molecule has 0 unspecified atom stereocenters. The number of carbonyl (C=O) groups excluding carboxylic acids is 1. The summed E-state index contributed by atoms with van der Waals surface area (Å²) in [6.45, 7) is 5.20. The molecule has 0 saturated carbocycles. The average Bonchev–Trinajstić information content (AvgIpc) is 2.98. The predicted octanol–water partition coefficient (Wildman–Crippen LogP) is 2.70. The minimum Gasteiger partial charge on any atom is -0.337 e. The molecular formula is C18H26N2O. The Bertz CT molecular complexity index is 473. The molecule has 2 saturated heterocycles. The highest BCUT2D eigenvalue weighted by Gasteiger charge is 2.39. The van der Waals surface area contributed by atoms with Crippen LogP contribution in [0, 0.1) is 0 Å². The van der Waals surface area contributed by atoms with E-state index in [9.17, 15) is 4.79 Å². The van der Waals surface area contributed by atoms with Crippen molar-refractivity contribution >= 4 is 5.91 Å². The Hall–Kier alpha value is -1.35. The number of carbonyl (C=O) groups is 1. The van der Waals surface area contributed by atoms with E-state index < -0.39 is 0 Å². The minimum absolute atomic E-state index is 0.0797. The Kier molecular flexibility index (Phi) is 4.59. The third kappa shape index (κ3) is 3.29. The van der Waals surface area contributed by atoms with Crippen LogP contribution in [0.1, 0.15) is 38.2 Å². The second-order valence-electron chi connectivity index (χ2n) is 6.44. The molecule has 1 aromatic rings. The maximum atomic E-state index is 12.4. The van der Waals surface area contributed by atoms with Gasteiger partial charge in [0.05, 0.1) is 6.04 Å². The lowest BCUT2D eigenvalue weighted by Gasteiger charge is -2.41. The van der Waals surface area contributed by atoms with Gasteiger partial charge in [0.25, 0.3) is 0 Å². The summed E-state index contributed by atoms with van der Waals surface area (Å²) in [5, 5.41) is 0. The number of aryl methyl sites for hydroxylation is 1. The second kappa shape index (κ2) is 6.61. The highest BCUT2D eigenvalue weighted by Crippen LogP contribution is 2.25. The summed E-state index contributed by atoms with van der Waals surface area (Å²) in [6, 6.07) is 11.2. The molecule has 0 spiro atoms. The van der Waals surface area contributed by atoms with Crippen LogP contribution < -0.4 is 0 Å². The van der Waals surface area contributed by atoms with Gasteiger partial charge in [-0.25, -0.2) is 0 Å². The molecule has 21 heavy (non-hydrogen) atoms. The van der Waals surface area contributed by atoms with Gasteiger partial charge in [-0.05, 0) is 51.1 Å². The van der Waals surface area contributed by atoms with Gasteiger partial charge in [0.15, 0.2) is 0 Å². The van der Waals surface area contributed by atoms with E-state index in [2.05, 4.69) is 47.1 Å². The molecule has 3 heteroatoms. The van der Waals surface area contributed by atoms with E-state index in [-0.39, 0.29) is 6.04 Å². The molecule has 0 bridgehead atoms. The van der Waals surface area contributed by atoms with Gasteiger partial charge < -0.3 is 4.90 Å². The smallest absolute Gasteiger partial charge is 0.239 e. The van der Waals surface area contributed by atoms with Crippen molar-refractivity contribution in [3.63, 3.8) is 0 Å². The number of benzene rings is 1. The van der Waals surface area contributed by atoms with Gasteiger partial charge in [0.2, 0.25) is 5.91 Å². The molecule has 1 amide bonds. The van der Waals surface area contributed by atoms with Crippen LogP contribution in [0.2, 0.25) is 0 Å². The summed E-state index contributed by atoms with van der Waals surface area (Å²) in [4.78, 5) is 16.9. The molecule has 3 rings (SSSR count). The van der Waals surface area contributed by atoms with E-state index in [4.69, 9.17) is 0 Å². The standard InChI is InChI=1S/C18H26N2O/c1-15-18(21)20-13-7-11-17(20)14-19(15)12-6-5-10-16-8-3-2-4-9-16/h2-4,8-9,15,17H,5-7,10-14H2,1H3/t15-,17-/m0/s1. The Labute approximate surface area is 127 Å². The van der Waals surface area contributed by atoms with Crippen LogP contribution in [0.3, 0.4) is 0 Å². The van der Waals surface area contributed by atoms with Gasteiger partial charge in [-0.3, -0.25) is 9.69 Å². The lowest BCUT2D eigenvalue weighted by atomic mass is 10.1. The summed E-state index contributed by atoms with van der Waals surface area (Å²) in [5.74, 6) is 0.354. The van der Waals surface area contributed by atoms with Crippen LogP contribution in [0.4, 0.5) is 0 Å². The lowest BCUT2D eigenvalue weighted by Crippen LogP contribution is -2.58. The highest BCUT2D eigenvalue weighted by molar-refractivity contribution is 5.82. The number of piperazine rings is 1. The van der Waals surface area contributed by atoms with E-state index >= 15 is 0 Å². The Balaban J connectivity index is 1.45. The van der Waals surface area contributed by atoms with Crippen molar-refractivity contribution in [2.75, 3.05) is 19.6 Å². The molecular weight excluding hydrogens is 260 g/mol. The molecule has 0 aliphatic carbocycles. The van der Waals surface area contributed by atoms with Crippen molar-refractivity contribution in [3.05, 3.63) is 35.9 Å². The average molecular weight is 286 g/mol. The number of nitrogens with zero attached hydrogens (tertiary/aromatic N) is 2. The summed E-state index contributed by atoms with van der Waals surface area (Å²) in [5.41, 5.74) is 1.42. The monoisotopic (exact) mass is 286 g/mol. The third-order valence-electron chi connectivity index (χ3n) is 5.01. The zero-order valence-corrected chi connectivity index (χ0v) is 13.0. The quantitative estimate of drug-likeness (QED) is 0.777. The first-order valence-corrected chi connectivity index (χ1v) is 8.34. The Morgan fingerprint density at radius 2 is 2.00 bits per heavy atom. The maximum Gasteiger partial charge on any atom is 0.239 e. The Morgan fingerprint density at radius 1 is 1.19 bits per heavy atom. The van der Waals surface area contributed by atoms with Crippen LogP contribution in [0.15, 0.2) is 30.3 Å². The summed E-state index contributed by atoms with van der Waals surface area (Å²) in [6.07, 6.45) is 5.91. The second-order valence-corrected chi connectivity index (χ2v) is 6.44. The fourth-order valence-electron chi connectivity index (χ4n) is 3.71. The first-order valence-electron chi connectivity index (χ1n) is 8.34. The van der Waals surface area contributed by atoms with Crippen molar-refractivity contribution in [3.8, 4) is 0 Å². The van der Waals surface area contributed by atoms with E-state index in [1.54, 1.807) is 0 Å². The normalized spacial score (nSPS) is 26.1. The summed E-state index contributed by atoms with van der Waals surface area (Å²) >= 11 is 0. The first-order chi connectivity index (χ1) is 10.3. The van der Waals surface area contributed by atoms with Gasteiger partial charge in [0.1, 0.15) is 0 Å². The van der Waals surface area contributed by atoms with Gasteiger partial charge >= 0.3 is 0 Å². The SMILES string of the molecule is C[C@H]1C(=O)N2CCC[C@H]2CN1CCCCc1ccccc1. The van der Waals surface area contributed by atoms with Gasteiger partial charge in [-0.1, -0.05) is 30.3 Å². The summed E-state index contributed by atoms with van der Waals surface area (Å²) in [7, 11) is 0. The number of hydrogen-bond acceptors (Lipinski definition) is 2. The number of hydrogen-bond donors (Lipinski definition) is 0. The Morgan fingerprint density at radius 3 is 2.81 bits per heavy atom. The van der Waals surface area contributed by atoms with Crippen LogP contribution in [-0.2, 0) is 11.2 Å². The van der Waals surface area contributed by atoms with E-state index in [0.717, 1.165) is 26.1 Å². The van der Waals surface area contributed by atoms with Crippen molar-refractivity contribution < 1.29 is 4.79 Å². The van der Waals surface area contributed by atoms with Crippen molar-refractivity contribution in [2.45, 2.75) is 51.1 Å². The summed E-state index contributed by atoms with van der Waals surface area (Å²) < 4.78 is 0. The first kappa shape index (κ1) is 14.6. The van der Waals surface area contributed by atoms with Crippen LogP contribution in [0.5, 0.6) is 0 Å². The lowest BCUT2D eigenvalue weighted by molar-refractivity contribution is -0.142. The van der Waals surface area contributed by atoms with Crippen LogP contribution in [0.25, 0.3) is 0 Å². The van der Waals surface area contributed by atoms with Crippen LogP contribution >= 0.6 is 0 Å². The number of fused-ring (bicyclic) bond motifs is 1. The molecule has 2 aliphatic rings.